The van der Waals surface area contributed by atoms with Crippen LogP contribution in [0.25, 0.3) is 0 Å². The predicted octanol–water partition coefficient (Wildman–Crippen LogP) is 2.04. The zero-order valence-electron chi connectivity index (χ0n) is 12.5. The molecule has 5 nitrogen and oxygen atoms in total. The van der Waals surface area contributed by atoms with Crippen molar-refractivity contribution in [3.8, 4) is 6.07 Å². The molecule has 1 amide bonds. The van der Waals surface area contributed by atoms with Crippen LogP contribution in [0.1, 0.15) is 41.0 Å². The van der Waals surface area contributed by atoms with Crippen molar-refractivity contribution in [2.24, 2.45) is 11.3 Å². The van der Waals surface area contributed by atoms with E-state index in [1.807, 2.05) is 34.6 Å². The molecule has 1 rings (SSSR count). The first-order valence-corrected chi connectivity index (χ1v) is 6.77. The number of amides is 1. The largest absolute Gasteiger partial charge is 0.444 e. The molecular formula is C14H25N3O2. The van der Waals surface area contributed by atoms with Crippen LogP contribution in [0.15, 0.2) is 0 Å². The van der Waals surface area contributed by atoms with Gasteiger partial charge in [0.15, 0.2) is 0 Å². The van der Waals surface area contributed by atoms with Crippen LogP contribution in [0.3, 0.4) is 0 Å². The number of nitrogens with one attached hydrogen (secondary N) is 2. The first-order valence-electron chi connectivity index (χ1n) is 6.77. The lowest BCUT2D eigenvalue weighted by atomic mass is 9.78. The summed E-state index contributed by atoms with van der Waals surface area (Å²) in [5.74, 6) is 0.266. The quantitative estimate of drug-likeness (QED) is 0.820. The minimum atomic E-state index is -0.617. The second kappa shape index (κ2) is 5.79. The lowest BCUT2D eigenvalue weighted by Gasteiger charge is -2.34. The zero-order chi connectivity index (χ0) is 14.7. The molecule has 0 saturated carbocycles. The van der Waals surface area contributed by atoms with E-state index in [4.69, 9.17) is 4.74 Å². The van der Waals surface area contributed by atoms with Gasteiger partial charge >= 0.3 is 6.09 Å². The number of nitriles is 1. The molecule has 2 atom stereocenters. The van der Waals surface area contributed by atoms with Crippen molar-refractivity contribution in [3.63, 3.8) is 0 Å². The smallest absolute Gasteiger partial charge is 0.407 e. The molecule has 108 valence electrons. The van der Waals surface area contributed by atoms with Crippen molar-refractivity contribution in [1.82, 2.24) is 10.6 Å². The average Bonchev–Trinajstić information content (AvgIpc) is 2.76. The summed E-state index contributed by atoms with van der Waals surface area (Å²) in [7, 11) is 0. The van der Waals surface area contributed by atoms with Gasteiger partial charge in [-0.15, -0.1) is 0 Å². The van der Waals surface area contributed by atoms with Crippen LogP contribution in [-0.4, -0.2) is 30.8 Å². The van der Waals surface area contributed by atoms with E-state index in [0.717, 1.165) is 19.5 Å². The van der Waals surface area contributed by atoms with Crippen LogP contribution in [0.4, 0.5) is 4.79 Å². The Balaban J connectivity index is 2.75. The molecule has 2 N–H and O–H groups in total. The van der Waals surface area contributed by atoms with Crippen molar-refractivity contribution in [3.05, 3.63) is 0 Å². The van der Waals surface area contributed by atoms with E-state index in [9.17, 15) is 10.1 Å². The minimum Gasteiger partial charge on any atom is -0.444 e. The van der Waals surface area contributed by atoms with Gasteiger partial charge in [-0.1, -0.05) is 0 Å². The fourth-order valence-corrected chi connectivity index (χ4v) is 2.35. The van der Waals surface area contributed by atoms with E-state index in [1.54, 1.807) is 0 Å². The fraction of sp³-hybridized carbons (Fsp3) is 0.857. The second-order valence-electron chi connectivity index (χ2n) is 6.71. The van der Waals surface area contributed by atoms with Crippen molar-refractivity contribution < 1.29 is 9.53 Å². The molecule has 5 heteroatoms. The fourth-order valence-electron chi connectivity index (χ4n) is 2.35. The van der Waals surface area contributed by atoms with Gasteiger partial charge in [0.1, 0.15) is 5.60 Å². The Hall–Kier alpha value is -1.28. The number of rotatable bonds is 3. The van der Waals surface area contributed by atoms with Gasteiger partial charge in [0.2, 0.25) is 0 Å². The van der Waals surface area contributed by atoms with Crippen LogP contribution >= 0.6 is 0 Å². The maximum atomic E-state index is 11.9. The minimum absolute atomic E-state index is 0.206. The van der Waals surface area contributed by atoms with Gasteiger partial charge in [-0.25, -0.2) is 4.79 Å². The summed E-state index contributed by atoms with van der Waals surface area (Å²) in [4.78, 5) is 11.9. The van der Waals surface area contributed by atoms with E-state index < -0.39 is 17.1 Å². The Bertz CT molecular complexity index is 360. The number of alkyl carbamates (subject to hydrolysis) is 1. The molecule has 1 fully saturated rings. The van der Waals surface area contributed by atoms with E-state index in [2.05, 4.69) is 16.7 Å². The topological polar surface area (TPSA) is 74.2 Å². The molecule has 0 radical (unpaired) electrons. The van der Waals surface area contributed by atoms with Crippen molar-refractivity contribution in [1.29, 1.82) is 5.26 Å². The molecule has 0 bridgehead atoms. The standard InChI is InChI=1S/C14H25N3O2/c1-13(2,3)19-12(18)17-11(14(4,5)9-15)10-6-7-16-8-10/h10-11,16H,6-8H2,1-5H3,(H,17,18). The van der Waals surface area contributed by atoms with Crippen LogP contribution in [0, 0.1) is 22.7 Å². The van der Waals surface area contributed by atoms with Gasteiger partial charge in [0.05, 0.1) is 17.5 Å². The third-order valence-corrected chi connectivity index (χ3v) is 3.31. The van der Waals surface area contributed by atoms with E-state index >= 15 is 0 Å². The van der Waals surface area contributed by atoms with Crippen LogP contribution < -0.4 is 10.6 Å². The van der Waals surface area contributed by atoms with Crippen LogP contribution in [-0.2, 0) is 4.74 Å². The Kier molecular flexibility index (Phi) is 4.81. The van der Waals surface area contributed by atoms with E-state index in [1.165, 1.54) is 0 Å². The Morgan fingerprint density at radius 2 is 2.05 bits per heavy atom. The first kappa shape index (κ1) is 15.8. The van der Waals surface area contributed by atoms with Crippen molar-refractivity contribution >= 4 is 6.09 Å². The summed E-state index contributed by atoms with van der Waals surface area (Å²) in [6, 6.07) is 2.08. The van der Waals surface area contributed by atoms with Gasteiger partial charge < -0.3 is 15.4 Å². The number of nitrogens with zero attached hydrogens (tertiary/aromatic N) is 1. The molecule has 1 saturated heterocycles. The molecule has 1 heterocycles. The molecule has 0 aromatic rings. The average molecular weight is 267 g/mol. The number of carbonyl (C=O) groups is 1. The maximum Gasteiger partial charge on any atom is 0.407 e. The Labute approximate surface area is 115 Å². The maximum absolute atomic E-state index is 11.9. The molecule has 2 unspecified atom stereocenters. The molecule has 0 aromatic heterocycles. The highest BCUT2D eigenvalue weighted by atomic mass is 16.6. The van der Waals surface area contributed by atoms with Gasteiger partial charge in [0, 0.05) is 6.54 Å². The highest BCUT2D eigenvalue weighted by molar-refractivity contribution is 5.68. The summed E-state index contributed by atoms with van der Waals surface area (Å²) in [6.07, 6.45) is 0.513. The number of hydrogen-bond donors (Lipinski definition) is 2. The molecule has 1 aliphatic heterocycles. The SMILES string of the molecule is CC(C)(C)OC(=O)NC(C1CCNC1)C(C)(C)C#N. The van der Waals surface area contributed by atoms with Gasteiger partial charge in [-0.2, -0.15) is 5.26 Å². The number of hydrogen-bond acceptors (Lipinski definition) is 4. The molecule has 19 heavy (non-hydrogen) atoms. The second-order valence-corrected chi connectivity index (χ2v) is 6.71. The van der Waals surface area contributed by atoms with E-state index in [0.29, 0.717) is 0 Å². The lowest BCUT2D eigenvalue weighted by Crippen LogP contribution is -2.51. The molecule has 0 aromatic carbocycles. The van der Waals surface area contributed by atoms with Gasteiger partial charge in [-0.05, 0) is 53.5 Å². The number of carbonyl (C=O) groups excluding carboxylic acids is 1. The summed E-state index contributed by atoms with van der Waals surface area (Å²) < 4.78 is 5.29. The third kappa shape index (κ3) is 4.71. The Morgan fingerprint density at radius 3 is 2.47 bits per heavy atom. The lowest BCUT2D eigenvalue weighted by molar-refractivity contribution is 0.0448. The molecule has 0 spiro atoms. The zero-order valence-corrected chi connectivity index (χ0v) is 12.5. The summed E-state index contributed by atoms with van der Waals surface area (Å²) >= 11 is 0. The monoisotopic (exact) mass is 267 g/mol. The van der Waals surface area contributed by atoms with Gasteiger partial charge in [0.25, 0.3) is 0 Å². The summed E-state index contributed by atoms with van der Waals surface area (Å²) in [6.45, 7) is 10.9. The molecular weight excluding hydrogens is 242 g/mol. The van der Waals surface area contributed by atoms with Gasteiger partial charge in [-0.3, -0.25) is 0 Å². The van der Waals surface area contributed by atoms with Crippen molar-refractivity contribution in [2.75, 3.05) is 13.1 Å². The molecule has 0 aliphatic carbocycles. The highest BCUT2D eigenvalue weighted by Crippen LogP contribution is 2.29. The predicted molar refractivity (Wildman–Crippen MR) is 73.5 cm³/mol. The molecule has 1 aliphatic rings. The van der Waals surface area contributed by atoms with Crippen molar-refractivity contribution in [2.45, 2.75) is 52.7 Å². The number of ether oxygens (including phenoxy) is 1. The normalized spacial score (nSPS) is 21.6. The van der Waals surface area contributed by atoms with E-state index in [-0.39, 0.29) is 12.0 Å². The van der Waals surface area contributed by atoms with Crippen LogP contribution in [0.2, 0.25) is 0 Å². The first-order chi connectivity index (χ1) is 8.65. The third-order valence-electron chi connectivity index (χ3n) is 3.31. The highest BCUT2D eigenvalue weighted by Gasteiger charge is 2.39. The summed E-state index contributed by atoms with van der Waals surface area (Å²) in [5.41, 5.74) is -1.15. The Morgan fingerprint density at radius 1 is 1.42 bits per heavy atom. The van der Waals surface area contributed by atoms with Crippen LogP contribution in [0.5, 0.6) is 0 Å². The summed E-state index contributed by atoms with van der Waals surface area (Å²) in [5, 5.41) is 15.5.